The predicted octanol–water partition coefficient (Wildman–Crippen LogP) is 4.83. The van der Waals surface area contributed by atoms with E-state index in [2.05, 4.69) is 19.1 Å². The second-order valence-corrected chi connectivity index (χ2v) is 7.80. The Labute approximate surface area is 189 Å². The summed E-state index contributed by atoms with van der Waals surface area (Å²) < 4.78 is 11.1. The predicted molar refractivity (Wildman–Crippen MR) is 128 cm³/mol. The zero-order chi connectivity index (χ0) is 22.7. The number of carbonyl (C=O) groups excluding carboxylic acids is 1. The maximum absolute atomic E-state index is 13.7. The summed E-state index contributed by atoms with van der Waals surface area (Å²) in [6.45, 7) is 4.58. The highest BCUT2D eigenvalue weighted by molar-refractivity contribution is 6.20. The van der Waals surface area contributed by atoms with Crippen LogP contribution in [0.25, 0.3) is 0 Å². The molecule has 5 nitrogen and oxygen atoms in total. The lowest BCUT2D eigenvalue weighted by Crippen LogP contribution is -2.39. The van der Waals surface area contributed by atoms with E-state index in [9.17, 15) is 4.79 Å². The molecule has 0 bridgehead atoms. The van der Waals surface area contributed by atoms with Gasteiger partial charge in [-0.25, -0.2) is 0 Å². The van der Waals surface area contributed by atoms with Crippen LogP contribution in [-0.4, -0.2) is 38.4 Å². The highest BCUT2D eigenvalue weighted by atomic mass is 16.5. The molecule has 1 amide bonds. The summed E-state index contributed by atoms with van der Waals surface area (Å²) in [7, 11) is 3.22. The molecule has 3 aromatic carbocycles. The molecule has 1 atom stereocenters. The molecule has 1 heterocycles. The molecule has 0 radical (unpaired) electrons. The molecule has 0 N–H and O–H groups in total. The number of ether oxygens (including phenoxy) is 2. The van der Waals surface area contributed by atoms with Gasteiger partial charge in [-0.1, -0.05) is 54.6 Å². The van der Waals surface area contributed by atoms with Crippen LogP contribution in [0.15, 0.2) is 71.7 Å². The standard InChI is InChI=1S/C27H28N2O3/c1-5-29-23-17-25(32-4)24(31-3)16-21(23)26(19-12-7-6-8-13-19)28-22(27(29)30)15-20-14-10-9-11-18(20)2/h6-14,16-17,22H,5,15H2,1-4H3. The van der Waals surface area contributed by atoms with Gasteiger partial charge in [0.2, 0.25) is 0 Å². The first-order chi connectivity index (χ1) is 15.6. The van der Waals surface area contributed by atoms with Crippen LogP contribution in [0.4, 0.5) is 5.69 Å². The van der Waals surface area contributed by atoms with Gasteiger partial charge < -0.3 is 14.4 Å². The van der Waals surface area contributed by atoms with Gasteiger partial charge in [-0.05, 0) is 31.0 Å². The van der Waals surface area contributed by atoms with E-state index in [4.69, 9.17) is 14.5 Å². The average molecular weight is 429 g/mol. The quantitative estimate of drug-likeness (QED) is 0.565. The molecular formula is C27H28N2O3. The molecule has 32 heavy (non-hydrogen) atoms. The van der Waals surface area contributed by atoms with Crippen LogP contribution in [0.3, 0.4) is 0 Å². The first kappa shape index (κ1) is 21.6. The molecule has 4 rings (SSSR count). The molecule has 5 heteroatoms. The minimum Gasteiger partial charge on any atom is -0.493 e. The third kappa shape index (κ3) is 3.98. The monoisotopic (exact) mass is 428 g/mol. The number of hydrogen-bond acceptors (Lipinski definition) is 4. The third-order valence-corrected chi connectivity index (χ3v) is 5.92. The fraction of sp³-hybridized carbons (Fsp3) is 0.259. The van der Waals surface area contributed by atoms with Gasteiger partial charge in [0.15, 0.2) is 11.5 Å². The van der Waals surface area contributed by atoms with E-state index in [-0.39, 0.29) is 5.91 Å². The van der Waals surface area contributed by atoms with Crippen molar-refractivity contribution in [2.75, 3.05) is 25.7 Å². The number of methoxy groups -OCH3 is 2. The molecule has 1 aliphatic rings. The molecule has 0 fully saturated rings. The fourth-order valence-electron chi connectivity index (χ4n) is 4.19. The van der Waals surface area contributed by atoms with Crippen LogP contribution in [-0.2, 0) is 11.2 Å². The number of likely N-dealkylation sites (N-methyl/N-ethyl adjacent to an activating group) is 1. The van der Waals surface area contributed by atoms with E-state index in [0.29, 0.717) is 24.5 Å². The average Bonchev–Trinajstić information content (AvgIpc) is 2.94. The summed E-state index contributed by atoms with van der Waals surface area (Å²) in [5.41, 5.74) is 5.66. The topological polar surface area (TPSA) is 51.1 Å². The van der Waals surface area contributed by atoms with E-state index < -0.39 is 6.04 Å². The van der Waals surface area contributed by atoms with Crippen LogP contribution in [0.5, 0.6) is 11.5 Å². The highest BCUT2D eigenvalue weighted by Crippen LogP contribution is 2.38. The minimum atomic E-state index is -0.532. The Morgan fingerprint density at radius 3 is 2.25 bits per heavy atom. The highest BCUT2D eigenvalue weighted by Gasteiger charge is 2.33. The maximum Gasteiger partial charge on any atom is 0.252 e. The Balaban J connectivity index is 1.94. The molecule has 3 aromatic rings. The molecule has 0 saturated heterocycles. The van der Waals surface area contributed by atoms with Crippen molar-refractivity contribution in [2.45, 2.75) is 26.3 Å². The number of aryl methyl sites for hydroxylation is 1. The van der Waals surface area contributed by atoms with Crippen molar-refractivity contribution in [3.05, 3.63) is 89.0 Å². The Kier molecular flexibility index (Phi) is 6.26. The van der Waals surface area contributed by atoms with Crippen LogP contribution in [0, 0.1) is 6.92 Å². The summed E-state index contributed by atoms with van der Waals surface area (Å²) in [5, 5.41) is 0. The largest absolute Gasteiger partial charge is 0.493 e. The van der Waals surface area contributed by atoms with Crippen molar-refractivity contribution < 1.29 is 14.3 Å². The van der Waals surface area contributed by atoms with Gasteiger partial charge >= 0.3 is 0 Å². The van der Waals surface area contributed by atoms with E-state index in [1.165, 1.54) is 0 Å². The van der Waals surface area contributed by atoms with Gasteiger partial charge in [0.25, 0.3) is 5.91 Å². The first-order valence-electron chi connectivity index (χ1n) is 10.8. The van der Waals surface area contributed by atoms with Gasteiger partial charge in [0.05, 0.1) is 25.6 Å². The summed E-state index contributed by atoms with van der Waals surface area (Å²) in [5.74, 6) is 1.17. The molecule has 1 aliphatic heterocycles. The van der Waals surface area contributed by atoms with E-state index in [0.717, 1.165) is 33.7 Å². The van der Waals surface area contributed by atoms with Crippen LogP contribution in [0.1, 0.15) is 29.2 Å². The van der Waals surface area contributed by atoms with E-state index in [1.807, 2.05) is 61.5 Å². The second-order valence-electron chi connectivity index (χ2n) is 7.80. The number of aliphatic imine (C=N–C) groups is 1. The minimum absolute atomic E-state index is 0.0184. The SMILES string of the molecule is CCN1C(=O)C(Cc2ccccc2C)N=C(c2ccccc2)c2cc(OC)c(OC)cc21. The second kappa shape index (κ2) is 9.27. The lowest BCUT2D eigenvalue weighted by atomic mass is 9.99. The number of rotatable bonds is 6. The zero-order valence-electron chi connectivity index (χ0n) is 19.0. The number of nitrogens with zero attached hydrogens (tertiary/aromatic N) is 2. The molecule has 0 aliphatic carbocycles. The normalized spacial score (nSPS) is 15.6. The van der Waals surface area contributed by atoms with Crippen molar-refractivity contribution in [2.24, 2.45) is 4.99 Å². The van der Waals surface area contributed by atoms with Gasteiger partial charge in [-0.3, -0.25) is 9.79 Å². The summed E-state index contributed by atoms with van der Waals surface area (Å²) in [6.07, 6.45) is 0.542. The Morgan fingerprint density at radius 2 is 1.59 bits per heavy atom. The molecule has 0 saturated carbocycles. The van der Waals surface area contributed by atoms with Crippen molar-refractivity contribution in [3.8, 4) is 11.5 Å². The molecular weight excluding hydrogens is 400 g/mol. The van der Waals surface area contributed by atoms with Crippen molar-refractivity contribution in [3.63, 3.8) is 0 Å². The molecule has 164 valence electrons. The van der Waals surface area contributed by atoms with E-state index >= 15 is 0 Å². The number of fused-ring (bicyclic) bond motifs is 1. The molecule has 0 aromatic heterocycles. The Hall–Kier alpha value is -3.60. The number of benzene rings is 3. The number of amides is 1. The molecule has 1 unspecified atom stereocenters. The summed E-state index contributed by atoms with van der Waals surface area (Å²) >= 11 is 0. The third-order valence-electron chi connectivity index (χ3n) is 5.92. The summed E-state index contributed by atoms with van der Waals surface area (Å²) in [6, 6.07) is 21.4. The van der Waals surface area contributed by atoms with E-state index in [1.54, 1.807) is 19.1 Å². The van der Waals surface area contributed by atoms with Gasteiger partial charge in [-0.2, -0.15) is 0 Å². The van der Waals surface area contributed by atoms with Crippen molar-refractivity contribution >= 4 is 17.3 Å². The lowest BCUT2D eigenvalue weighted by molar-refractivity contribution is -0.119. The van der Waals surface area contributed by atoms with Crippen molar-refractivity contribution in [1.29, 1.82) is 0 Å². The number of benzodiazepines with no additional fused rings is 1. The molecule has 0 spiro atoms. The Morgan fingerprint density at radius 1 is 0.938 bits per heavy atom. The smallest absolute Gasteiger partial charge is 0.252 e. The number of hydrogen-bond donors (Lipinski definition) is 0. The zero-order valence-corrected chi connectivity index (χ0v) is 19.0. The maximum atomic E-state index is 13.7. The Bertz CT molecular complexity index is 1150. The van der Waals surface area contributed by atoms with Crippen LogP contribution < -0.4 is 14.4 Å². The van der Waals surface area contributed by atoms with Gasteiger partial charge in [0, 0.05) is 30.2 Å². The van der Waals surface area contributed by atoms with Crippen molar-refractivity contribution in [1.82, 2.24) is 0 Å². The van der Waals surface area contributed by atoms with Gasteiger partial charge in [0.1, 0.15) is 6.04 Å². The van der Waals surface area contributed by atoms with Gasteiger partial charge in [-0.15, -0.1) is 0 Å². The lowest BCUT2D eigenvalue weighted by Gasteiger charge is -2.25. The first-order valence-corrected chi connectivity index (χ1v) is 10.8. The fourth-order valence-corrected chi connectivity index (χ4v) is 4.19. The number of carbonyl (C=O) groups is 1. The number of anilines is 1. The van der Waals surface area contributed by atoms with Crippen LogP contribution >= 0.6 is 0 Å². The van der Waals surface area contributed by atoms with Crippen LogP contribution in [0.2, 0.25) is 0 Å². The summed E-state index contributed by atoms with van der Waals surface area (Å²) in [4.78, 5) is 20.6.